The van der Waals surface area contributed by atoms with Gasteiger partial charge in [-0.05, 0) is 0 Å². The lowest BCUT2D eigenvalue weighted by atomic mass is 10.4. The van der Waals surface area contributed by atoms with Gasteiger partial charge in [0.2, 0.25) is 6.43 Å². The number of rotatable bonds is 4. The van der Waals surface area contributed by atoms with Gasteiger partial charge >= 0.3 is 0 Å². The van der Waals surface area contributed by atoms with Crippen molar-refractivity contribution >= 4 is 0 Å². The van der Waals surface area contributed by atoms with E-state index in [1.807, 2.05) is 0 Å². The Labute approximate surface area is 68.4 Å². The number of hydrogen-bond donors (Lipinski definition) is 1. The van der Waals surface area contributed by atoms with Crippen LogP contribution >= 0.6 is 0 Å². The first-order valence-electron chi connectivity index (χ1n) is 3.59. The molecule has 0 aliphatic carbocycles. The van der Waals surface area contributed by atoms with E-state index in [0.717, 1.165) is 0 Å². The van der Waals surface area contributed by atoms with Gasteiger partial charge < -0.3 is 5.73 Å². The van der Waals surface area contributed by atoms with Crippen molar-refractivity contribution < 1.29 is 8.78 Å². The van der Waals surface area contributed by atoms with Gasteiger partial charge in [0.15, 0.2) is 0 Å². The van der Waals surface area contributed by atoms with Crippen LogP contribution in [0.4, 0.5) is 8.78 Å². The smallest absolute Gasteiger partial charge is 0.240 e. The highest BCUT2D eigenvalue weighted by atomic mass is 19.3. The third-order valence-corrected chi connectivity index (χ3v) is 1.47. The van der Waals surface area contributed by atoms with Crippen LogP contribution in [-0.2, 0) is 13.1 Å². The molecule has 0 bridgehead atoms. The molecule has 0 spiro atoms. The molecule has 1 heterocycles. The van der Waals surface area contributed by atoms with Gasteiger partial charge in [0, 0.05) is 19.5 Å². The molecule has 0 atom stereocenters. The molecule has 0 aromatic carbocycles. The third kappa shape index (κ3) is 2.23. The molecule has 0 aliphatic heterocycles. The number of nitrogens with two attached hydrogens (primary N) is 1. The largest absolute Gasteiger partial charge is 0.325 e. The molecular weight excluding hydrogens is 166 g/mol. The van der Waals surface area contributed by atoms with Gasteiger partial charge in [-0.2, -0.15) is 0 Å². The molecule has 0 saturated carbocycles. The number of nitrogens with zero attached hydrogens (tertiary/aromatic N) is 3. The van der Waals surface area contributed by atoms with Gasteiger partial charge in [0.1, 0.15) is 0 Å². The van der Waals surface area contributed by atoms with Crippen LogP contribution in [0, 0.1) is 0 Å². The molecule has 1 rings (SSSR count). The Morgan fingerprint density at radius 3 is 2.92 bits per heavy atom. The number of aromatic nitrogens is 3. The Bertz CT molecular complexity index is 235. The highest BCUT2D eigenvalue weighted by Crippen LogP contribution is 2.02. The first-order valence-corrected chi connectivity index (χ1v) is 3.59. The summed E-state index contributed by atoms with van der Waals surface area (Å²) in [4.78, 5) is 0. The second-order valence-electron chi connectivity index (χ2n) is 2.33. The van der Waals surface area contributed by atoms with Crippen LogP contribution in [0.1, 0.15) is 12.1 Å². The van der Waals surface area contributed by atoms with Crippen LogP contribution in [0.5, 0.6) is 0 Å². The quantitative estimate of drug-likeness (QED) is 0.722. The minimum atomic E-state index is -2.31. The maximum absolute atomic E-state index is 11.8. The topological polar surface area (TPSA) is 56.7 Å². The predicted molar refractivity (Wildman–Crippen MR) is 38.5 cm³/mol. The zero-order valence-electron chi connectivity index (χ0n) is 6.45. The molecule has 6 heteroatoms. The summed E-state index contributed by atoms with van der Waals surface area (Å²) < 4.78 is 24.9. The van der Waals surface area contributed by atoms with Crippen molar-refractivity contribution in [2.45, 2.75) is 25.9 Å². The van der Waals surface area contributed by atoms with Crippen molar-refractivity contribution in [3.8, 4) is 0 Å². The summed E-state index contributed by atoms with van der Waals surface area (Å²) in [5.74, 6) is 0. The van der Waals surface area contributed by atoms with E-state index in [9.17, 15) is 8.78 Å². The molecule has 2 N–H and O–H groups in total. The zero-order chi connectivity index (χ0) is 8.97. The van der Waals surface area contributed by atoms with Crippen molar-refractivity contribution in [3.05, 3.63) is 11.9 Å². The summed E-state index contributed by atoms with van der Waals surface area (Å²) in [7, 11) is 0. The highest BCUT2D eigenvalue weighted by molar-refractivity contribution is 4.91. The second kappa shape index (κ2) is 4.10. The predicted octanol–water partition coefficient (Wildman–Crippen LogP) is 0.392. The lowest BCUT2D eigenvalue weighted by Gasteiger charge is -2.02. The van der Waals surface area contributed by atoms with Crippen LogP contribution in [0.3, 0.4) is 0 Å². The fourth-order valence-corrected chi connectivity index (χ4v) is 0.845. The van der Waals surface area contributed by atoms with Gasteiger partial charge in [-0.3, -0.25) is 0 Å². The van der Waals surface area contributed by atoms with E-state index >= 15 is 0 Å². The van der Waals surface area contributed by atoms with Crippen molar-refractivity contribution in [3.63, 3.8) is 0 Å². The maximum atomic E-state index is 11.8. The summed E-state index contributed by atoms with van der Waals surface area (Å²) in [5, 5.41) is 7.17. The standard InChI is InChI=1S/C6H10F2N4/c7-6(8)1-2-12-5(3-9)4-10-11-12/h4,6H,1-3,9H2. The lowest BCUT2D eigenvalue weighted by Crippen LogP contribution is -2.11. The molecule has 12 heavy (non-hydrogen) atoms. The monoisotopic (exact) mass is 176 g/mol. The van der Waals surface area contributed by atoms with Crippen LogP contribution in [0.15, 0.2) is 6.20 Å². The highest BCUT2D eigenvalue weighted by Gasteiger charge is 2.05. The van der Waals surface area contributed by atoms with E-state index in [2.05, 4.69) is 10.3 Å². The van der Waals surface area contributed by atoms with Gasteiger partial charge in [0.05, 0.1) is 11.9 Å². The van der Waals surface area contributed by atoms with Crippen LogP contribution in [0.25, 0.3) is 0 Å². The summed E-state index contributed by atoms with van der Waals surface area (Å²) in [6.07, 6.45) is -1.04. The van der Waals surface area contributed by atoms with Crippen molar-refractivity contribution in [2.24, 2.45) is 5.73 Å². The number of alkyl halides is 2. The first-order chi connectivity index (χ1) is 5.74. The van der Waals surface area contributed by atoms with Gasteiger partial charge in [-0.15, -0.1) is 5.10 Å². The van der Waals surface area contributed by atoms with E-state index in [4.69, 9.17) is 5.73 Å². The molecule has 0 radical (unpaired) electrons. The van der Waals surface area contributed by atoms with E-state index in [0.29, 0.717) is 5.69 Å². The Hall–Kier alpha value is -1.04. The van der Waals surface area contributed by atoms with Gasteiger partial charge in [-0.25, -0.2) is 13.5 Å². The average molecular weight is 176 g/mol. The minimum Gasteiger partial charge on any atom is -0.325 e. The van der Waals surface area contributed by atoms with Gasteiger partial charge in [0.25, 0.3) is 0 Å². The lowest BCUT2D eigenvalue weighted by molar-refractivity contribution is 0.129. The SMILES string of the molecule is NCc1cnnn1CCC(F)F. The second-order valence-corrected chi connectivity index (χ2v) is 2.33. The van der Waals surface area contributed by atoms with E-state index < -0.39 is 6.43 Å². The Balaban J connectivity index is 2.50. The summed E-state index contributed by atoms with van der Waals surface area (Å²) in [6, 6.07) is 0. The molecule has 0 aliphatic rings. The number of aryl methyl sites for hydroxylation is 1. The summed E-state index contributed by atoms with van der Waals surface area (Å²) in [6.45, 7) is 0.445. The Morgan fingerprint density at radius 1 is 1.58 bits per heavy atom. The zero-order valence-corrected chi connectivity index (χ0v) is 6.45. The maximum Gasteiger partial charge on any atom is 0.240 e. The number of halogens is 2. The Morgan fingerprint density at radius 2 is 2.33 bits per heavy atom. The fraction of sp³-hybridized carbons (Fsp3) is 0.667. The summed E-state index contributed by atoms with van der Waals surface area (Å²) in [5.41, 5.74) is 5.99. The molecule has 4 nitrogen and oxygen atoms in total. The van der Waals surface area contributed by atoms with Crippen LogP contribution < -0.4 is 5.73 Å². The fourth-order valence-electron chi connectivity index (χ4n) is 0.845. The molecule has 0 saturated heterocycles. The molecular formula is C6H10F2N4. The molecule has 1 aromatic heterocycles. The third-order valence-electron chi connectivity index (χ3n) is 1.47. The van der Waals surface area contributed by atoms with Gasteiger partial charge in [-0.1, -0.05) is 5.21 Å². The van der Waals surface area contributed by atoms with Crippen LogP contribution in [-0.4, -0.2) is 21.4 Å². The molecule has 68 valence electrons. The summed E-state index contributed by atoms with van der Waals surface area (Å²) >= 11 is 0. The molecule has 0 fully saturated rings. The van der Waals surface area contributed by atoms with E-state index in [1.54, 1.807) is 0 Å². The average Bonchev–Trinajstić information content (AvgIpc) is 2.47. The van der Waals surface area contributed by atoms with E-state index in [-0.39, 0.29) is 19.5 Å². The normalized spacial score (nSPS) is 11.0. The van der Waals surface area contributed by atoms with Crippen molar-refractivity contribution in [1.29, 1.82) is 0 Å². The Kier molecular flexibility index (Phi) is 3.09. The molecule has 1 aromatic rings. The first kappa shape index (κ1) is 9.05. The number of hydrogen-bond acceptors (Lipinski definition) is 3. The molecule has 0 amide bonds. The van der Waals surface area contributed by atoms with Crippen molar-refractivity contribution in [2.75, 3.05) is 0 Å². The molecule has 0 unspecified atom stereocenters. The van der Waals surface area contributed by atoms with Crippen molar-refractivity contribution in [1.82, 2.24) is 15.0 Å². The van der Waals surface area contributed by atoms with E-state index in [1.165, 1.54) is 10.9 Å². The minimum absolute atomic E-state index is 0.171. The van der Waals surface area contributed by atoms with Crippen LogP contribution in [0.2, 0.25) is 0 Å².